The molecule has 0 N–H and O–H groups in total. The van der Waals surface area contributed by atoms with Gasteiger partial charge in [0.1, 0.15) is 6.61 Å². The van der Waals surface area contributed by atoms with E-state index in [1.807, 2.05) is 19.1 Å². The topological polar surface area (TPSA) is 18.5 Å². The van der Waals surface area contributed by atoms with Crippen LogP contribution in [-0.4, -0.2) is 19.3 Å². The van der Waals surface area contributed by atoms with Crippen LogP contribution in [0.3, 0.4) is 0 Å². The van der Waals surface area contributed by atoms with Gasteiger partial charge in [0.25, 0.3) is 0 Å². The van der Waals surface area contributed by atoms with Gasteiger partial charge in [-0.2, -0.15) is 0 Å². The molecule has 0 aliphatic heterocycles. The maximum absolute atomic E-state index is 14.2. The first-order chi connectivity index (χ1) is 16.6. The van der Waals surface area contributed by atoms with E-state index >= 15 is 0 Å². The lowest BCUT2D eigenvalue weighted by Gasteiger charge is -2.42. The third kappa shape index (κ3) is 6.07. The molecule has 0 spiro atoms. The molecule has 4 unspecified atom stereocenters. The Bertz CT molecular complexity index is 1020. The van der Waals surface area contributed by atoms with Crippen molar-refractivity contribution in [1.82, 2.24) is 0 Å². The van der Waals surface area contributed by atoms with Crippen LogP contribution in [0, 0.1) is 35.3 Å². The number of benzene rings is 2. The summed E-state index contributed by atoms with van der Waals surface area (Å²) < 4.78 is 39.5. The standard InChI is InChI=1S/C30H34F2O2/c1-3-5-16-34-30-28(31)17-22(18-29(30)32)7-6-21-8-10-23(11-9-21)24-12-13-26-20-27(33-4-2)15-14-25(26)19-24/h3,5,8-11,17-18,24-27H,4,12-16,19-20H2,1-2H3/b5-3+. The van der Waals surface area contributed by atoms with Crippen LogP contribution in [0.4, 0.5) is 8.78 Å². The first kappa shape index (κ1) is 24.5. The molecule has 2 aliphatic rings. The van der Waals surface area contributed by atoms with E-state index in [1.54, 1.807) is 12.2 Å². The molecule has 0 saturated heterocycles. The molecule has 0 bridgehead atoms. The van der Waals surface area contributed by atoms with Gasteiger partial charge in [-0.3, -0.25) is 0 Å². The van der Waals surface area contributed by atoms with Crippen LogP contribution in [0.1, 0.15) is 75.0 Å². The third-order valence-electron chi connectivity index (χ3n) is 7.26. The summed E-state index contributed by atoms with van der Waals surface area (Å²) in [5, 5.41) is 0. The Morgan fingerprint density at radius 2 is 1.59 bits per heavy atom. The minimum absolute atomic E-state index is 0.123. The molecule has 2 aromatic carbocycles. The molecule has 0 heterocycles. The van der Waals surface area contributed by atoms with Crippen LogP contribution in [0.2, 0.25) is 0 Å². The molecule has 4 atom stereocenters. The van der Waals surface area contributed by atoms with E-state index in [1.165, 1.54) is 56.2 Å². The zero-order valence-electron chi connectivity index (χ0n) is 20.2. The second kappa shape index (κ2) is 11.7. The summed E-state index contributed by atoms with van der Waals surface area (Å²) in [5.41, 5.74) is 2.50. The molecule has 2 saturated carbocycles. The normalized spacial score (nSPS) is 24.4. The van der Waals surface area contributed by atoms with Crippen LogP contribution >= 0.6 is 0 Å². The lowest BCUT2D eigenvalue weighted by atomic mass is 9.65. The lowest BCUT2D eigenvalue weighted by molar-refractivity contribution is -0.00955. The second-order valence-electron chi connectivity index (χ2n) is 9.44. The van der Waals surface area contributed by atoms with Crippen LogP contribution in [0.25, 0.3) is 0 Å². The van der Waals surface area contributed by atoms with E-state index in [2.05, 4.69) is 30.9 Å². The molecule has 2 aliphatic carbocycles. The highest BCUT2D eigenvalue weighted by Crippen LogP contribution is 2.46. The fourth-order valence-corrected chi connectivity index (χ4v) is 5.52. The van der Waals surface area contributed by atoms with Crippen molar-refractivity contribution >= 4 is 0 Å². The smallest absolute Gasteiger partial charge is 0.191 e. The summed E-state index contributed by atoms with van der Waals surface area (Å²) in [7, 11) is 0. The number of hydrogen-bond donors (Lipinski definition) is 0. The largest absolute Gasteiger partial charge is 0.483 e. The molecule has 2 aromatic rings. The molecular weight excluding hydrogens is 430 g/mol. The summed E-state index contributed by atoms with van der Waals surface area (Å²) in [6.07, 6.45) is 11.4. The number of hydrogen-bond acceptors (Lipinski definition) is 2. The fourth-order valence-electron chi connectivity index (χ4n) is 5.52. The fraction of sp³-hybridized carbons (Fsp3) is 0.467. The van der Waals surface area contributed by atoms with Crippen molar-refractivity contribution in [3.63, 3.8) is 0 Å². The van der Waals surface area contributed by atoms with Gasteiger partial charge in [-0.1, -0.05) is 36.1 Å². The highest BCUT2D eigenvalue weighted by molar-refractivity contribution is 5.46. The molecule has 2 nitrogen and oxygen atoms in total. The summed E-state index contributed by atoms with van der Waals surface area (Å²) in [5.74, 6) is 6.28. The number of halogens is 2. The maximum Gasteiger partial charge on any atom is 0.191 e. The summed E-state index contributed by atoms with van der Waals surface area (Å²) in [4.78, 5) is 0. The van der Waals surface area contributed by atoms with Gasteiger partial charge in [-0.05, 0) is 100.0 Å². The summed E-state index contributed by atoms with van der Waals surface area (Å²) in [6, 6.07) is 10.8. The number of fused-ring (bicyclic) bond motifs is 1. The number of rotatable bonds is 6. The predicted octanol–water partition coefficient (Wildman–Crippen LogP) is 7.41. The molecule has 4 heteroatoms. The van der Waals surface area contributed by atoms with Gasteiger partial charge < -0.3 is 9.47 Å². The molecule has 4 rings (SSSR count). The first-order valence-corrected chi connectivity index (χ1v) is 12.5. The third-order valence-corrected chi connectivity index (χ3v) is 7.26. The molecule has 0 radical (unpaired) electrons. The average molecular weight is 465 g/mol. The Morgan fingerprint density at radius 3 is 2.29 bits per heavy atom. The van der Waals surface area contributed by atoms with Gasteiger partial charge >= 0.3 is 0 Å². The van der Waals surface area contributed by atoms with E-state index in [0.717, 1.165) is 24.0 Å². The summed E-state index contributed by atoms with van der Waals surface area (Å²) in [6.45, 7) is 4.85. The minimum Gasteiger partial charge on any atom is -0.483 e. The molecular formula is C30H34F2O2. The van der Waals surface area contributed by atoms with E-state index in [-0.39, 0.29) is 12.4 Å². The molecule has 2 fully saturated rings. The Balaban J connectivity index is 1.37. The monoisotopic (exact) mass is 464 g/mol. The Morgan fingerprint density at radius 1 is 0.912 bits per heavy atom. The Kier molecular flexibility index (Phi) is 8.40. The second-order valence-corrected chi connectivity index (χ2v) is 9.44. The maximum atomic E-state index is 14.2. The van der Waals surface area contributed by atoms with Crippen molar-refractivity contribution in [1.29, 1.82) is 0 Å². The lowest BCUT2D eigenvalue weighted by Crippen LogP contribution is -2.33. The molecule has 180 valence electrons. The van der Waals surface area contributed by atoms with Crippen LogP contribution in [0.15, 0.2) is 48.6 Å². The van der Waals surface area contributed by atoms with Crippen molar-refractivity contribution < 1.29 is 18.3 Å². The van der Waals surface area contributed by atoms with Crippen molar-refractivity contribution in [2.24, 2.45) is 11.8 Å². The van der Waals surface area contributed by atoms with Gasteiger partial charge in [0.15, 0.2) is 17.4 Å². The van der Waals surface area contributed by atoms with Crippen LogP contribution < -0.4 is 4.74 Å². The Labute approximate surface area is 202 Å². The van der Waals surface area contributed by atoms with Gasteiger partial charge in [-0.15, -0.1) is 0 Å². The van der Waals surface area contributed by atoms with E-state index in [4.69, 9.17) is 9.47 Å². The Hall–Kier alpha value is -2.64. The number of ether oxygens (including phenoxy) is 2. The van der Waals surface area contributed by atoms with Crippen molar-refractivity contribution in [3.05, 3.63) is 76.9 Å². The first-order valence-electron chi connectivity index (χ1n) is 12.5. The zero-order valence-corrected chi connectivity index (χ0v) is 20.2. The summed E-state index contributed by atoms with van der Waals surface area (Å²) >= 11 is 0. The zero-order chi connectivity index (χ0) is 23.9. The average Bonchev–Trinajstić information content (AvgIpc) is 2.85. The molecule has 0 amide bonds. The minimum atomic E-state index is -0.741. The SMILES string of the molecule is C/C=C/COc1c(F)cc(C#Cc2ccc(C3CCC4CC(OCC)CCC4C3)cc2)cc1F. The van der Waals surface area contributed by atoms with Gasteiger partial charge in [0, 0.05) is 17.7 Å². The van der Waals surface area contributed by atoms with Gasteiger partial charge in [0.2, 0.25) is 0 Å². The van der Waals surface area contributed by atoms with E-state index in [0.29, 0.717) is 17.6 Å². The highest BCUT2D eigenvalue weighted by atomic mass is 19.1. The van der Waals surface area contributed by atoms with Crippen LogP contribution in [-0.2, 0) is 4.74 Å². The van der Waals surface area contributed by atoms with Crippen molar-refractivity contribution in [3.8, 4) is 17.6 Å². The van der Waals surface area contributed by atoms with Crippen molar-refractivity contribution in [2.45, 2.75) is 64.4 Å². The van der Waals surface area contributed by atoms with Crippen molar-refractivity contribution in [2.75, 3.05) is 13.2 Å². The molecule has 34 heavy (non-hydrogen) atoms. The van der Waals surface area contributed by atoms with Gasteiger partial charge in [-0.25, -0.2) is 8.78 Å². The predicted molar refractivity (Wildman–Crippen MR) is 132 cm³/mol. The highest BCUT2D eigenvalue weighted by Gasteiger charge is 2.36. The molecule has 0 aromatic heterocycles. The van der Waals surface area contributed by atoms with E-state index in [9.17, 15) is 8.78 Å². The van der Waals surface area contributed by atoms with Crippen LogP contribution in [0.5, 0.6) is 5.75 Å². The number of allylic oxidation sites excluding steroid dienone is 1. The quantitative estimate of drug-likeness (QED) is 0.327. The van der Waals surface area contributed by atoms with E-state index < -0.39 is 11.6 Å². The van der Waals surface area contributed by atoms with Gasteiger partial charge in [0.05, 0.1) is 6.10 Å².